The van der Waals surface area contributed by atoms with Gasteiger partial charge in [-0.1, -0.05) is 19.1 Å². The van der Waals surface area contributed by atoms with Crippen LogP contribution in [0.4, 0.5) is 5.69 Å². The first-order valence-electron chi connectivity index (χ1n) is 7.75. The Morgan fingerprint density at radius 2 is 2.04 bits per heavy atom. The van der Waals surface area contributed by atoms with Crippen molar-refractivity contribution in [1.29, 1.82) is 0 Å². The SMILES string of the molecule is C[C@H]1C[C@@H](CCCCNS(=O)(=O)c2ccccc2[N+](=O)[O-])OC1=O. The highest BCUT2D eigenvalue weighted by Gasteiger charge is 2.30. The first kappa shape index (κ1) is 18.3. The molecule has 132 valence electrons. The van der Waals surface area contributed by atoms with Crippen LogP contribution >= 0.6 is 0 Å². The molecular weight excluding hydrogens is 336 g/mol. The van der Waals surface area contributed by atoms with E-state index in [1.807, 2.05) is 6.92 Å². The number of ether oxygens (including phenoxy) is 1. The third-order valence-electron chi connectivity index (χ3n) is 3.90. The molecular formula is C15H20N2O6S. The van der Waals surface area contributed by atoms with E-state index in [9.17, 15) is 23.3 Å². The Labute approximate surface area is 140 Å². The van der Waals surface area contributed by atoms with E-state index in [1.165, 1.54) is 18.2 Å². The topological polar surface area (TPSA) is 116 Å². The van der Waals surface area contributed by atoms with Gasteiger partial charge in [0.05, 0.1) is 10.8 Å². The van der Waals surface area contributed by atoms with Crippen LogP contribution in [-0.4, -0.2) is 32.0 Å². The van der Waals surface area contributed by atoms with E-state index in [-0.39, 0.29) is 29.4 Å². The van der Waals surface area contributed by atoms with Gasteiger partial charge in [0.2, 0.25) is 10.0 Å². The van der Waals surface area contributed by atoms with Crippen molar-refractivity contribution in [3.63, 3.8) is 0 Å². The minimum Gasteiger partial charge on any atom is -0.462 e. The lowest BCUT2D eigenvalue weighted by atomic mass is 10.0. The van der Waals surface area contributed by atoms with Crippen LogP contribution in [0.2, 0.25) is 0 Å². The van der Waals surface area contributed by atoms with Crippen molar-refractivity contribution in [3.05, 3.63) is 34.4 Å². The minimum atomic E-state index is -3.93. The molecule has 0 saturated carbocycles. The summed E-state index contributed by atoms with van der Waals surface area (Å²) in [6, 6.07) is 5.22. The average molecular weight is 356 g/mol. The van der Waals surface area contributed by atoms with Crippen molar-refractivity contribution in [2.75, 3.05) is 6.54 Å². The number of nitrogens with zero attached hydrogens (tertiary/aromatic N) is 1. The molecule has 0 amide bonds. The molecule has 1 aromatic rings. The number of cyclic esters (lactones) is 1. The van der Waals surface area contributed by atoms with E-state index in [0.717, 1.165) is 6.07 Å². The Morgan fingerprint density at radius 3 is 2.67 bits per heavy atom. The molecule has 0 aliphatic carbocycles. The van der Waals surface area contributed by atoms with Crippen LogP contribution in [0.5, 0.6) is 0 Å². The normalized spacial score (nSPS) is 20.8. The molecule has 1 aliphatic heterocycles. The summed E-state index contributed by atoms with van der Waals surface area (Å²) in [5.41, 5.74) is -0.447. The van der Waals surface area contributed by atoms with Gasteiger partial charge >= 0.3 is 5.97 Å². The van der Waals surface area contributed by atoms with Crippen LogP contribution in [0, 0.1) is 16.0 Å². The van der Waals surface area contributed by atoms with Gasteiger partial charge in [-0.3, -0.25) is 14.9 Å². The summed E-state index contributed by atoms with van der Waals surface area (Å²) in [6.45, 7) is 1.99. The third-order valence-corrected chi connectivity index (χ3v) is 5.41. The van der Waals surface area contributed by atoms with E-state index in [2.05, 4.69) is 4.72 Å². The predicted molar refractivity (Wildman–Crippen MR) is 85.8 cm³/mol. The van der Waals surface area contributed by atoms with Gasteiger partial charge in [0.1, 0.15) is 6.10 Å². The van der Waals surface area contributed by atoms with E-state index in [0.29, 0.717) is 25.7 Å². The molecule has 2 atom stereocenters. The molecule has 1 aliphatic rings. The first-order valence-corrected chi connectivity index (χ1v) is 9.23. The Kier molecular flexibility index (Phi) is 5.89. The smallest absolute Gasteiger partial charge is 0.309 e. The molecule has 1 aromatic carbocycles. The van der Waals surface area contributed by atoms with Gasteiger partial charge in [-0.2, -0.15) is 0 Å². The van der Waals surface area contributed by atoms with Crippen molar-refractivity contribution in [2.45, 2.75) is 43.6 Å². The number of nitro benzene ring substituents is 1. The van der Waals surface area contributed by atoms with E-state index < -0.39 is 20.6 Å². The van der Waals surface area contributed by atoms with Crippen LogP contribution in [0.1, 0.15) is 32.6 Å². The largest absolute Gasteiger partial charge is 0.462 e. The van der Waals surface area contributed by atoms with Crippen LogP contribution in [-0.2, 0) is 19.6 Å². The number of benzene rings is 1. The molecule has 0 aromatic heterocycles. The number of esters is 1. The first-order chi connectivity index (χ1) is 11.3. The highest BCUT2D eigenvalue weighted by atomic mass is 32.2. The Bertz CT molecular complexity index is 718. The van der Waals surface area contributed by atoms with E-state index >= 15 is 0 Å². The van der Waals surface area contributed by atoms with E-state index in [4.69, 9.17) is 4.74 Å². The van der Waals surface area contributed by atoms with Crippen LogP contribution < -0.4 is 4.72 Å². The number of carbonyl (C=O) groups is 1. The van der Waals surface area contributed by atoms with Crippen molar-refractivity contribution >= 4 is 21.7 Å². The summed E-state index contributed by atoms with van der Waals surface area (Å²) in [5.74, 6) is -0.260. The zero-order valence-electron chi connectivity index (χ0n) is 13.3. The summed E-state index contributed by atoms with van der Waals surface area (Å²) >= 11 is 0. The van der Waals surface area contributed by atoms with Gasteiger partial charge in [-0.25, -0.2) is 13.1 Å². The monoisotopic (exact) mass is 356 g/mol. The summed E-state index contributed by atoms with van der Waals surface area (Å²) < 4.78 is 31.9. The molecule has 8 nitrogen and oxygen atoms in total. The molecule has 0 radical (unpaired) electrons. The number of carbonyl (C=O) groups excluding carboxylic acids is 1. The fourth-order valence-electron chi connectivity index (χ4n) is 2.61. The summed E-state index contributed by atoms with van der Waals surface area (Å²) in [4.78, 5) is 21.1. The Morgan fingerprint density at radius 1 is 1.33 bits per heavy atom. The lowest BCUT2D eigenvalue weighted by Gasteiger charge is -2.09. The molecule has 1 N–H and O–H groups in total. The Hall–Kier alpha value is -2.00. The van der Waals surface area contributed by atoms with Crippen molar-refractivity contribution < 1.29 is 22.9 Å². The molecule has 1 saturated heterocycles. The summed E-state index contributed by atoms with van der Waals surface area (Å²) in [5, 5.41) is 10.9. The van der Waals surface area contributed by atoms with Crippen molar-refractivity contribution in [3.8, 4) is 0 Å². The van der Waals surface area contributed by atoms with Gasteiger partial charge in [0.25, 0.3) is 5.69 Å². The van der Waals surface area contributed by atoms with Crippen molar-refractivity contribution in [2.24, 2.45) is 5.92 Å². The number of unbranched alkanes of at least 4 members (excludes halogenated alkanes) is 1. The second-order valence-electron chi connectivity index (χ2n) is 5.81. The van der Waals surface area contributed by atoms with Gasteiger partial charge < -0.3 is 4.74 Å². The maximum Gasteiger partial charge on any atom is 0.309 e. The lowest BCUT2D eigenvalue weighted by molar-refractivity contribution is -0.387. The standard InChI is InChI=1S/C15H20N2O6S/c1-11-10-12(23-15(11)18)6-4-5-9-16-24(21,22)14-8-3-2-7-13(14)17(19)20/h2-3,7-8,11-12,16H,4-6,9-10H2,1H3/t11-,12+/m0/s1. The fourth-order valence-corrected chi connectivity index (χ4v) is 3.86. The zero-order chi connectivity index (χ0) is 17.7. The molecule has 9 heteroatoms. The maximum absolute atomic E-state index is 12.2. The van der Waals surface area contributed by atoms with Gasteiger partial charge in [0, 0.05) is 12.6 Å². The van der Waals surface area contributed by atoms with Crippen LogP contribution in [0.15, 0.2) is 29.2 Å². The minimum absolute atomic E-state index is 0.0767. The molecule has 0 spiro atoms. The fraction of sp³-hybridized carbons (Fsp3) is 0.533. The summed E-state index contributed by atoms with van der Waals surface area (Å²) in [6.07, 6.45) is 2.54. The number of hydrogen-bond acceptors (Lipinski definition) is 6. The number of sulfonamides is 1. The number of nitrogens with one attached hydrogen (secondary N) is 1. The van der Waals surface area contributed by atoms with Gasteiger partial charge in [0.15, 0.2) is 4.90 Å². The average Bonchev–Trinajstić information content (AvgIpc) is 2.85. The molecule has 1 heterocycles. The highest BCUT2D eigenvalue weighted by molar-refractivity contribution is 7.89. The molecule has 0 unspecified atom stereocenters. The van der Waals surface area contributed by atoms with Crippen LogP contribution in [0.25, 0.3) is 0 Å². The molecule has 2 rings (SSSR count). The highest BCUT2D eigenvalue weighted by Crippen LogP contribution is 2.24. The lowest BCUT2D eigenvalue weighted by Crippen LogP contribution is -2.25. The Balaban J connectivity index is 1.82. The van der Waals surface area contributed by atoms with E-state index in [1.54, 1.807) is 0 Å². The maximum atomic E-state index is 12.2. The number of rotatable bonds is 8. The zero-order valence-corrected chi connectivity index (χ0v) is 14.1. The molecule has 0 bridgehead atoms. The van der Waals surface area contributed by atoms with Crippen LogP contribution in [0.3, 0.4) is 0 Å². The van der Waals surface area contributed by atoms with Gasteiger partial charge in [-0.05, 0) is 31.7 Å². The number of hydrogen-bond donors (Lipinski definition) is 1. The number of nitro groups is 1. The molecule has 1 fully saturated rings. The third kappa shape index (κ3) is 4.51. The second-order valence-corrected chi connectivity index (χ2v) is 7.55. The second kappa shape index (κ2) is 7.71. The summed E-state index contributed by atoms with van der Waals surface area (Å²) in [7, 11) is -3.93. The van der Waals surface area contributed by atoms with Gasteiger partial charge in [-0.15, -0.1) is 0 Å². The quantitative estimate of drug-likeness (QED) is 0.330. The number of para-hydroxylation sites is 1. The molecule has 24 heavy (non-hydrogen) atoms. The van der Waals surface area contributed by atoms with Crippen molar-refractivity contribution in [1.82, 2.24) is 4.72 Å². The predicted octanol–water partition coefficient (Wildman–Crippen LogP) is 2.00.